The van der Waals surface area contributed by atoms with Gasteiger partial charge in [0.2, 0.25) is 5.91 Å². The van der Waals surface area contributed by atoms with Crippen molar-refractivity contribution in [2.24, 2.45) is 0 Å². The van der Waals surface area contributed by atoms with Crippen LogP contribution in [0, 0.1) is 0 Å². The lowest BCUT2D eigenvalue weighted by Gasteiger charge is -2.37. The Morgan fingerprint density at radius 1 is 1.13 bits per heavy atom. The van der Waals surface area contributed by atoms with Gasteiger partial charge in [0.05, 0.1) is 17.9 Å². The molecule has 0 saturated carbocycles. The van der Waals surface area contributed by atoms with Crippen LogP contribution in [-0.2, 0) is 21.1 Å². The zero-order chi connectivity index (χ0) is 16.4. The molecule has 3 rings (SSSR count). The van der Waals surface area contributed by atoms with Crippen molar-refractivity contribution in [3.63, 3.8) is 0 Å². The number of piperazine rings is 1. The summed E-state index contributed by atoms with van der Waals surface area (Å²) in [7, 11) is -2.85. The lowest BCUT2D eigenvalue weighted by molar-refractivity contribution is -0.132. The average molecular weight is 357 g/mol. The van der Waals surface area contributed by atoms with Gasteiger partial charge in [-0.15, -0.1) is 0 Å². The predicted octanol–water partition coefficient (Wildman–Crippen LogP) is 1.21. The molecule has 0 unspecified atom stereocenters. The fourth-order valence-electron chi connectivity index (χ4n) is 3.29. The van der Waals surface area contributed by atoms with Crippen molar-refractivity contribution in [1.29, 1.82) is 0 Å². The Kier molecular flexibility index (Phi) is 4.94. The maximum atomic E-state index is 12.4. The molecule has 0 radical (unpaired) electrons. The molecule has 23 heavy (non-hydrogen) atoms. The summed E-state index contributed by atoms with van der Waals surface area (Å²) in [5.74, 6) is 0.685. The van der Waals surface area contributed by atoms with E-state index in [2.05, 4.69) is 4.90 Å². The minimum Gasteiger partial charge on any atom is -0.340 e. The molecule has 5 nitrogen and oxygen atoms in total. The lowest BCUT2D eigenvalue weighted by atomic mass is 10.1. The minimum atomic E-state index is -2.85. The number of carbonyl (C=O) groups excluding carboxylic acids is 1. The molecule has 2 aliphatic heterocycles. The summed E-state index contributed by atoms with van der Waals surface area (Å²) in [6.45, 7) is 2.85. The fourth-order valence-corrected chi connectivity index (χ4v) is 5.18. The molecule has 1 atom stereocenters. The second kappa shape index (κ2) is 6.79. The van der Waals surface area contributed by atoms with Crippen LogP contribution in [0.4, 0.5) is 0 Å². The van der Waals surface area contributed by atoms with Crippen LogP contribution >= 0.6 is 11.6 Å². The summed E-state index contributed by atoms with van der Waals surface area (Å²) in [4.78, 5) is 16.5. The van der Waals surface area contributed by atoms with Gasteiger partial charge in [-0.1, -0.05) is 23.7 Å². The van der Waals surface area contributed by atoms with E-state index in [9.17, 15) is 13.2 Å². The molecule has 0 N–H and O–H groups in total. The molecular weight excluding hydrogens is 336 g/mol. The van der Waals surface area contributed by atoms with Crippen molar-refractivity contribution in [1.82, 2.24) is 9.80 Å². The first-order valence-electron chi connectivity index (χ1n) is 7.90. The van der Waals surface area contributed by atoms with Crippen LogP contribution in [0.2, 0.25) is 5.02 Å². The minimum absolute atomic E-state index is 0.117. The molecule has 0 aromatic heterocycles. The Morgan fingerprint density at radius 3 is 2.35 bits per heavy atom. The van der Waals surface area contributed by atoms with Gasteiger partial charge in [0.1, 0.15) is 0 Å². The van der Waals surface area contributed by atoms with Crippen molar-refractivity contribution in [3.05, 3.63) is 34.9 Å². The van der Waals surface area contributed by atoms with E-state index in [0.29, 0.717) is 30.3 Å². The van der Waals surface area contributed by atoms with Crippen molar-refractivity contribution >= 4 is 27.3 Å². The fraction of sp³-hybridized carbons (Fsp3) is 0.562. The smallest absolute Gasteiger partial charge is 0.227 e. The third-order valence-corrected chi connectivity index (χ3v) is 6.66. The van der Waals surface area contributed by atoms with Gasteiger partial charge >= 0.3 is 0 Å². The zero-order valence-corrected chi connectivity index (χ0v) is 14.5. The van der Waals surface area contributed by atoms with Crippen molar-refractivity contribution in [2.45, 2.75) is 18.9 Å². The quantitative estimate of drug-likeness (QED) is 0.817. The molecule has 7 heteroatoms. The third kappa shape index (κ3) is 4.25. The van der Waals surface area contributed by atoms with Crippen LogP contribution in [0.5, 0.6) is 0 Å². The summed E-state index contributed by atoms with van der Waals surface area (Å²) in [5, 5.41) is 0.668. The molecule has 0 aliphatic carbocycles. The Hall–Kier alpha value is -1.11. The highest BCUT2D eigenvalue weighted by Gasteiger charge is 2.34. The number of rotatable bonds is 3. The highest BCUT2D eigenvalue weighted by molar-refractivity contribution is 7.91. The highest BCUT2D eigenvalue weighted by Crippen LogP contribution is 2.19. The van der Waals surface area contributed by atoms with E-state index < -0.39 is 9.84 Å². The van der Waals surface area contributed by atoms with Gasteiger partial charge in [0, 0.05) is 37.2 Å². The summed E-state index contributed by atoms with van der Waals surface area (Å²) >= 11 is 5.85. The van der Waals surface area contributed by atoms with E-state index in [-0.39, 0.29) is 17.7 Å². The first-order valence-corrected chi connectivity index (χ1v) is 10.1. The maximum Gasteiger partial charge on any atom is 0.227 e. The van der Waals surface area contributed by atoms with Crippen LogP contribution in [-0.4, -0.2) is 67.9 Å². The average Bonchev–Trinajstić information content (AvgIpc) is 2.90. The van der Waals surface area contributed by atoms with E-state index in [4.69, 9.17) is 11.6 Å². The van der Waals surface area contributed by atoms with Gasteiger partial charge in [-0.05, 0) is 24.1 Å². The van der Waals surface area contributed by atoms with Gasteiger partial charge in [0.15, 0.2) is 9.84 Å². The van der Waals surface area contributed by atoms with Gasteiger partial charge in [-0.3, -0.25) is 9.69 Å². The molecule has 0 bridgehead atoms. The van der Waals surface area contributed by atoms with E-state index >= 15 is 0 Å². The second-order valence-electron chi connectivity index (χ2n) is 6.28. The van der Waals surface area contributed by atoms with E-state index in [1.807, 2.05) is 17.0 Å². The molecule has 1 aromatic rings. The molecule has 2 aliphatic rings. The number of amides is 1. The predicted molar refractivity (Wildman–Crippen MR) is 90.4 cm³/mol. The van der Waals surface area contributed by atoms with Crippen molar-refractivity contribution in [2.75, 3.05) is 37.7 Å². The van der Waals surface area contributed by atoms with Crippen molar-refractivity contribution < 1.29 is 13.2 Å². The monoisotopic (exact) mass is 356 g/mol. The topological polar surface area (TPSA) is 57.7 Å². The summed E-state index contributed by atoms with van der Waals surface area (Å²) in [5.41, 5.74) is 0.962. The largest absolute Gasteiger partial charge is 0.340 e. The number of sulfone groups is 1. The van der Waals surface area contributed by atoms with Crippen LogP contribution in [0.15, 0.2) is 24.3 Å². The molecule has 1 aromatic carbocycles. The number of halogens is 1. The van der Waals surface area contributed by atoms with E-state index in [0.717, 1.165) is 25.1 Å². The zero-order valence-electron chi connectivity index (χ0n) is 12.9. The van der Waals surface area contributed by atoms with Crippen LogP contribution < -0.4 is 0 Å². The summed E-state index contributed by atoms with van der Waals surface area (Å²) < 4.78 is 23.2. The Morgan fingerprint density at radius 2 is 1.78 bits per heavy atom. The summed E-state index contributed by atoms with van der Waals surface area (Å²) in [6, 6.07) is 7.47. The Bertz CT molecular complexity index is 667. The highest BCUT2D eigenvalue weighted by atomic mass is 35.5. The van der Waals surface area contributed by atoms with Gasteiger partial charge in [0.25, 0.3) is 0 Å². The van der Waals surface area contributed by atoms with E-state index in [1.165, 1.54) is 0 Å². The van der Waals surface area contributed by atoms with E-state index in [1.54, 1.807) is 12.1 Å². The SMILES string of the molecule is O=C(Cc1ccc(Cl)cc1)N1CCN([C@H]2CCS(=O)(=O)C2)CC1. The molecule has 2 fully saturated rings. The molecule has 0 spiro atoms. The second-order valence-corrected chi connectivity index (χ2v) is 8.94. The maximum absolute atomic E-state index is 12.4. The van der Waals surface area contributed by atoms with Crippen LogP contribution in [0.1, 0.15) is 12.0 Å². The normalized spacial score (nSPS) is 24.7. The first kappa shape index (κ1) is 16.7. The van der Waals surface area contributed by atoms with Crippen LogP contribution in [0.3, 0.4) is 0 Å². The molecule has 126 valence electrons. The summed E-state index contributed by atoms with van der Waals surface area (Å²) in [6.07, 6.45) is 1.11. The Labute approximate surface area is 142 Å². The van der Waals surface area contributed by atoms with Gasteiger partial charge in [-0.25, -0.2) is 8.42 Å². The molecule has 2 saturated heterocycles. The molecule has 2 heterocycles. The first-order chi connectivity index (χ1) is 10.9. The molecule has 1 amide bonds. The number of hydrogen-bond donors (Lipinski definition) is 0. The standard InChI is InChI=1S/C16H21ClN2O3S/c17-14-3-1-13(2-4-14)11-16(20)19-8-6-18(7-9-19)15-5-10-23(21,22)12-15/h1-4,15H,5-12H2/t15-/m0/s1. The lowest BCUT2D eigenvalue weighted by Crippen LogP contribution is -2.52. The van der Waals surface area contributed by atoms with Gasteiger partial charge in [-0.2, -0.15) is 0 Å². The number of hydrogen-bond acceptors (Lipinski definition) is 4. The number of nitrogens with zero attached hydrogens (tertiary/aromatic N) is 2. The third-order valence-electron chi connectivity index (χ3n) is 4.66. The molecular formula is C16H21ClN2O3S. The number of benzene rings is 1. The number of carbonyl (C=O) groups is 1. The van der Waals surface area contributed by atoms with Crippen LogP contribution in [0.25, 0.3) is 0 Å². The Balaban J connectivity index is 1.50. The van der Waals surface area contributed by atoms with Gasteiger partial charge < -0.3 is 4.90 Å². The van der Waals surface area contributed by atoms with Crippen molar-refractivity contribution in [3.8, 4) is 0 Å².